The van der Waals surface area contributed by atoms with E-state index >= 15 is 0 Å². The quantitative estimate of drug-likeness (QED) is 0.742. The summed E-state index contributed by atoms with van der Waals surface area (Å²) in [5.41, 5.74) is -0.0478. The minimum atomic E-state index is -3.50. The van der Waals surface area contributed by atoms with Crippen molar-refractivity contribution in [3.63, 3.8) is 0 Å². The van der Waals surface area contributed by atoms with Crippen LogP contribution in [-0.4, -0.2) is 40.7 Å². The number of aromatic hydroxyl groups is 1. The molecule has 0 saturated carbocycles. The molecule has 0 radical (unpaired) electrons. The van der Waals surface area contributed by atoms with Crippen LogP contribution in [0.4, 0.5) is 0 Å². The fourth-order valence-electron chi connectivity index (χ4n) is 3.13. The Morgan fingerprint density at radius 2 is 1.79 bits per heavy atom. The van der Waals surface area contributed by atoms with Crippen molar-refractivity contribution in [2.75, 3.05) is 6.54 Å². The highest BCUT2D eigenvalue weighted by Gasteiger charge is 2.31. The second kappa shape index (κ2) is 8.01. The van der Waals surface area contributed by atoms with E-state index in [1.54, 1.807) is 32.0 Å². The van der Waals surface area contributed by atoms with Crippen LogP contribution in [0.25, 0.3) is 0 Å². The average molecular weight is 459 g/mol. The second-order valence-corrected chi connectivity index (χ2v) is 10.6. The Morgan fingerprint density at radius 3 is 2.41 bits per heavy atom. The van der Waals surface area contributed by atoms with Crippen molar-refractivity contribution in [3.8, 4) is 5.75 Å². The molecule has 0 unspecified atom stereocenters. The third-order valence-electron chi connectivity index (χ3n) is 4.88. The summed E-state index contributed by atoms with van der Waals surface area (Å²) < 4.78 is 26.1. The SMILES string of the molecule is CC(C)S(=O)(=O)Cc1cc(=O)c(O)c2n1CCN(Cc1ccc(Cl)c(Cl)c1)C2=O. The second-order valence-electron chi connectivity index (χ2n) is 7.18. The maximum Gasteiger partial charge on any atom is 0.274 e. The lowest BCUT2D eigenvalue weighted by atomic mass is 10.1. The number of carbonyl (C=O) groups is 1. The molecule has 1 aromatic heterocycles. The Hall–Kier alpha value is -2.03. The van der Waals surface area contributed by atoms with E-state index in [1.165, 1.54) is 9.47 Å². The largest absolute Gasteiger partial charge is 0.503 e. The van der Waals surface area contributed by atoms with Crippen molar-refractivity contribution in [2.24, 2.45) is 0 Å². The molecule has 0 atom stereocenters. The summed E-state index contributed by atoms with van der Waals surface area (Å²) in [7, 11) is -3.50. The third-order valence-corrected chi connectivity index (χ3v) is 7.75. The van der Waals surface area contributed by atoms with E-state index in [1.807, 2.05) is 0 Å². The Balaban J connectivity index is 1.98. The number of nitrogens with zero attached hydrogens (tertiary/aromatic N) is 2. The molecule has 0 spiro atoms. The van der Waals surface area contributed by atoms with Crippen LogP contribution in [0.2, 0.25) is 10.0 Å². The smallest absolute Gasteiger partial charge is 0.274 e. The zero-order chi connectivity index (χ0) is 21.5. The van der Waals surface area contributed by atoms with Crippen molar-refractivity contribution >= 4 is 38.9 Å². The van der Waals surface area contributed by atoms with Gasteiger partial charge in [-0.05, 0) is 31.5 Å². The first-order valence-corrected chi connectivity index (χ1v) is 11.4. The summed E-state index contributed by atoms with van der Waals surface area (Å²) in [5, 5.41) is 10.4. The van der Waals surface area contributed by atoms with Crippen LogP contribution < -0.4 is 5.43 Å². The molecule has 0 bridgehead atoms. The van der Waals surface area contributed by atoms with Crippen molar-refractivity contribution in [2.45, 2.75) is 37.9 Å². The maximum absolute atomic E-state index is 13.0. The van der Waals surface area contributed by atoms with Gasteiger partial charge in [-0.1, -0.05) is 29.3 Å². The number of hydrogen-bond donors (Lipinski definition) is 1. The molecule has 2 heterocycles. The Kier molecular flexibility index (Phi) is 5.98. The normalized spacial score (nSPS) is 14.4. The van der Waals surface area contributed by atoms with E-state index in [-0.39, 0.29) is 36.8 Å². The first-order valence-electron chi connectivity index (χ1n) is 8.91. The number of amides is 1. The van der Waals surface area contributed by atoms with Gasteiger partial charge in [-0.25, -0.2) is 8.42 Å². The number of carbonyl (C=O) groups excluding carboxylic acids is 1. The minimum Gasteiger partial charge on any atom is -0.503 e. The van der Waals surface area contributed by atoms with E-state index < -0.39 is 32.2 Å². The fourth-order valence-corrected chi connectivity index (χ4v) is 4.44. The van der Waals surface area contributed by atoms with Crippen molar-refractivity contribution in [1.29, 1.82) is 0 Å². The van der Waals surface area contributed by atoms with Crippen molar-refractivity contribution in [3.05, 3.63) is 61.5 Å². The van der Waals surface area contributed by atoms with E-state index in [0.29, 0.717) is 10.0 Å². The predicted molar refractivity (Wildman–Crippen MR) is 111 cm³/mol. The Bertz CT molecular complexity index is 1140. The number of rotatable bonds is 5. The van der Waals surface area contributed by atoms with Crippen LogP contribution in [-0.2, 0) is 28.7 Å². The van der Waals surface area contributed by atoms with Crippen molar-refractivity contribution < 1.29 is 18.3 Å². The van der Waals surface area contributed by atoms with Crippen molar-refractivity contribution in [1.82, 2.24) is 9.47 Å². The van der Waals surface area contributed by atoms with Crippen LogP contribution in [0, 0.1) is 0 Å². The third kappa shape index (κ3) is 4.29. The molecule has 1 aliphatic heterocycles. The molecule has 7 nitrogen and oxygen atoms in total. The van der Waals surface area contributed by atoms with Gasteiger partial charge in [0.2, 0.25) is 5.43 Å². The molecule has 29 heavy (non-hydrogen) atoms. The zero-order valence-electron chi connectivity index (χ0n) is 15.9. The first kappa shape index (κ1) is 21.7. The highest BCUT2D eigenvalue weighted by atomic mass is 35.5. The fraction of sp³-hybridized carbons (Fsp3) is 0.368. The number of fused-ring (bicyclic) bond motifs is 1. The Labute approximate surface area is 178 Å². The first-order chi connectivity index (χ1) is 13.5. The molecule has 0 saturated heterocycles. The van der Waals surface area contributed by atoms with Gasteiger partial charge in [-0.3, -0.25) is 9.59 Å². The van der Waals surface area contributed by atoms with Crippen LogP contribution >= 0.6 is 23.2 Å². The standard InChI is InChI=1S/C19H20Cl2N2O5S/c1-11(2)29(27,28)10-13-8-16(24)18(25)17-19(26)22(5-6-23(13)17)9-12-3-4-14(20)15(21)7-12/h3-4,7-8,11,25H,5-6,9-10H2,1-2H3. The Morgan fingerprint density at radius 1 is 1.10 bits per heavy atom. The van der Waals surface area contributed by atoms with Crippen LogP contribution in [0.1, 0.15) is 35.6 Å². The van der Waals surface area contributed by atoms with Gasteiger partial charge in [0.25, 0.3) is 5.91 Å². The highest BCUT2D eigenvalue weighted by Crippen LogP contribution is 2.26. The topological polar surface area (TPSA) is 96.7 Å². The van der Waals surface area contributed by atoms with Gasteiger partial charge in [-0.15, -0.1) is 0 Å². The molecule has 2 aromatic rings. The van der Waals surface area contributed by atoms with Gasteiger partial charge >= 0.3 is 0 Å². The lowest BCUT2D eigenvalue weighted by Gasteiger charge is -2.32. The molecule has 156 valence electrons. The molecule has 1 N–H and O–H groups in total. The highest BCUT2D eigenvalue weighted by molar-refractivity contribution is 7.91. The number of sulfone groups is 1. The molecule has 1 aliphatic rings. The summed E-state index contributed by atoms with van der Waals surface area (Å²) in [6, 6.07) is 6.08. The van der Waals surface area contributed by atoms with E-state index in [4.69, 9.17) is 23.2 Å². The van der Waals surface area contributed by atoms with Gasteiger partial charge < -0.3 is 14.6 Å². The summed E-state index contributed by atoms with van der Waals surface area (Å²) in [6.07, 6.45) is 0. The number of halogens is 2. The average Bonchev–Trinajstić information content (AvgIpc) is 2.63. The van der Waals surface area contributed by atoms with Crippen LogP contribution in [0.3, 0.4) is 0 Å². The molecule has 1 amide bonds. The summed E-state index contributed by atoms with van der Waals surface area (Å²) in [5.74, 6) is -1.62. The number of pyridine rings is 1. The van der Waals surface area contributed by atoms with Gasteiger partial charge in [0.15, 0.2) is 21.3 Å². The zero-order valence-corrected chi connectivity index (χ0v) is 18.2. The molecule has 0 fully saturated rings. The summed E-state index contributed by atoms with van der Waals surface area (Å²) in [6.45, 7) is 3.84. The number of benzene rings is 1. The number of hydrogen-bond acceptors (Lipinski definition) is 5. The van der Waals surface area contributed by atoms with E-state index in [9.17, 15) is 23.1 Å². The molecular formula is C19H20Cl2N2O5S. The predicted octanol–water partition coefficient (Wildman–Crippen LogP) is 2.84. The van der Waals surface area contributed by atoms with Gasteiger partial charge in [0.1, 0.15) is 0 Å². The molecular weight excluding hydrogens is 439 g/mol. The van der Waals surface area contributed by atoms with Gasteiger partial charge in [0.05, 0.1) is 21.0 Å². The maximum atomic E-state index is 13.0. The van der Waals surface area contributed by atoms with Crippen LogP contribution in [0.5, 0.6) is 5.75 Å². The lowest BCUT2D eigenvalue weighted by molar-refractivity contribution is 0.0681. The molecule has 10 heteroatoms. The van der Waals surface area contributed by atoms with Crippen LogP contribution in [0.15, 0.2) is 29.1 Å². The monoisotopic (exact) mass is 458 g/mol. The lowest BCUT2D eigenvalue weighted by Crippen LogP contribution is -2.42. The molecule has 3 rings (SSSR count). The van der Waals surface area contributed by atoms with E-state index in [0.717, 1.165) is 11.6 Å². The van der Waals surface area contributed by atoms with E-state index in [2.05, 4.69) is 0 Å². The molecule has 1 aromatic carbocycles. The number of aromatic nitrogens is 1. The summed E-state index contributed by atoms with van der Waals surface area (Å²) in [4.78, 5) is 26.7. The molecule has 0 aliphatic carbocycles. The summed E-state index contributed by atoms with van der Waals surface area (Å²) >= 11 is 11.9. The minimum absolute atomic E-state index is 0.194. The van der Waals surface area contributed by atoms with Gasteiger partial charge in [0, 0.05) is 31.4 Å². The van der Waals surface area contributed by atoms with Gasteiger partial charge in [-0.2, -0.15) is 0 Å².